The van der Waals surface area contributed by atoms with Crippen LogP contribution in [0.1, 0.15) is 29.3 Å². The van der Waals surface area contributed by atoms with Gasteiger partial charge < -0.3 is 10.6 Å². The molecule has 0 spiro atoms. The monoisotopic (exact) mass is 274 g/mol. The zero-order valence-corrected chi connectivity index (χ0v) is 11.5. The van der Waals surface area contributed by atoms with Crippen LogP contribution in [0.3, 0.4) is 0 Å². The summed E-state index contributed by atoms with van der Waals surface area (Å²) in [5.41, 5.74) is 6.48. The number of ketones is 1. The van der Waals surface area contributed by atoms with Crippen molar-refractivity contribution in [3.63, 3.8) is 0 Å². The predicted molar refractivity (Wildman–Crippen MR) is 74.0 cm³/mol. The van der Waals surface area contributed by atoms with Crippen LogP contribution in [0.25, 0.3) is 0 Å². The van der Waals surface area contributed by atoms with E-state index in [1.165, 1.54) is 0 Å². The van der Waals surface area contributed by atoms with Gasteiger partial charge in [-0.3, -0.25) is 14.4 Å². The van der Waals surface area contributed by atoms with Gasteiger partial charge in [0.2, 0.25) is 5.91 Å². The maximum atomic E-state index is 12.3. The van der Waals surface area contributed by atoms with Gasteiger partial charge in [0.1, 0.15) is 5.78 Å². The van der Waals surface area contributed by atoms with Gasteiger partial charge >= 0.3 is 0 Å². The third-order valence-corrected chi connectivity index (χ3v) is 3.63. The van der Waals surface area contributed by atoms with E-state index in [9.17, 15) is 14.4 Å². The standard InChI is InChI=1S/C15H18N2O3/c1-10(18)13-6-7-17(9-13)15(20)12-4-2-11(3-5-12)8-14(16)19/h2-5,13H,6-9H2,1H3,(H2,16,19). The summed E-state index contributed by atoms with van der Waals surface area (Å²) in [6.45, 7) is 2.68. The van der Waals surface area contributed by atoms with Gasteiger partial charge in [-0.1, -0.05) is 12.1 Å². The summed E-state index contributed by atoms with van der Waals surface area (Å²) < 4.78 is 0. The Hall–Kier alpha value is -2.17. The van der Waals surface area contributed by atoms with Gasteiger partial charge in [0.05, 0.1) is 6.42 Å². The number of hydrogen-bond donors (Lipinski definition) is 1. The van der Waals surface area contributed by atoms with Gasteiger partial charge in [-0.2, -0.15) is 0 Å². The van der Waals surface area contributed by atoms with Gasteiger partial charge in [0.15, 0.2) is 0 Å². The van der Waals surface area contributed by atoms with Crippen LogP contribution in [-0.2, 0) is 16.0 Å². The molecular weight excluding hydrogens is 256 g/mol. The normalized spacial score (nSPS) is 18.1. The molecule has 5 heteroatoms. The molecule has 2 N–H and O–H groups in total. The minimum absolute atomic E-state index is 0.0342. The molecule has 1 aromatic carbocycles. The molecule has 0 bridgehead atoms. The minimum atomic E-state index is -0.395. The highest BCUT2D eigenvalue weighted by atomic mass is 16.2. The zero-order valence-electron chi connectivity index (χ0n) is 11.5. The lowest BCUT2D eigenvalue weighted by Crippen LogP contribution is -2.29. The van der Waals surface area contributed by atoms with E-state index in [1.54, 1.807) is 36.1 Å². The summed E-state index contributed by atoms with van der Waals surface area (Å²) >= 11 is 0. The highest BCUT2D eigenvalue weighted by molar-refractivity contribution is 5.95. The van der Waals surface area contributed by atoms with Crippen molar-refractivity contribution in [3.05, 3.63) is 35.4 Å². The quantitative estimate of drug-likeness (QED) is 0.880. The first-order valence-electron chi connectivity index (χ1n) is 6.64. The molecule has 1 unspecified atom stereocenters. The van der Waals surface area contributed by atoms with Crippen molar-refractivity contribution < 1.29 is 14.4 Å². The molecule has 1 aliphatic heterocycles. The van der Waals surface area contributed by atoms with E-state index in [1.807, 2.05) is 0 Å². The SMILES string of the molecule is CC(=O)C1CCN(C(=O)c2ccc(CC(N)=O)cc2)C1. The third kappa shape index (κ3) is 3.23. The molecule has 0 radical (unpaired) electrons. The highest BCUT2D eigenvalue weighted by Crippen LogP contribution is 2.19. The number of primary amides is 1. The Morgan fingerprint density at radius 3 is 2.40 bits per heavy atom. The largest absolute Gasteiger partial charge is 0.369 e. The number of benzene rings is 1. The van der Waals surface area contributed by atoms with E-state index in [0.717, 1.165) is 12.0 Å². The maximum Gasteiger partial charge on any atom is 0.253 e. The van der Waals surface area contributed by atoms with Crippen molar-refractivity contribution in [2.75, 3.05) is 13.1 Å². The summed E-state index contributed by atoms with van der Waals surface area (Å²) in [7, 11) is 0. The highest BCUT2D eigenvalue weighted by Gasteiger charge is 2.29. The van der Waals surface area contributed by atoms with Crippen LogP contribution in [0, 0.1) is 5.92 Å². The van der Waals surface area contributed by atoms with Crippen molar-refractivity contribution in [2.24, 2.45) is 11.7 Å². The molecule has 20 heavy (non-hydrogen) atoms. The predicted octanol–water partition coefficient (Wildman–Crippen LogP) is 0.765. The maximum absolute atomic E-state index is 12.3. The Morgan fingerprint density at radius 2 is 1.90 bits per heavy atom. The zero-order chi connectivity index (χ0) is 14.7. The molecule has 1 atom stereocenters. The average molecular weight is 274 g/mol. The minimum Gasteiger partial charge on any atom is -0.369 e. The van der Waals surface area contributed by atoms with Crippen LogP contribution in [-0.4, -0.2) is 35.6 Å². The van der Waals surface area contributed by atoms with E-state index in [-0.39, 0.29) is 24.0 Å². The molecule has 0 aromatic heterocycles. The Balaban J connectivity index is 2.03. The Kier molecular flexibility index (Phi) is 4.17. The van der Waals surface area contributed by atoms with Crippen molar-refractivity contribution in [1.29, 1.82) is 0 Å². The van der Waals surface area contributed by atoms with Gasteiger partial charge in [-0.15, -0.1) is 0 Å². The van der Waals surface area contributed by atoms with Crippen molar-refractivity contribution in [2.45, 2.75) is 19.8 Å². The Morgan fingerprint density at radius 1 is 1.25 bits per heavy atom. The molecule has 2 rings (SSSR count). The fourth-order valence-corrected chi connectivity index (χ4v) is 2.43. The topological polar surface area (TPSA) is 80.5 Å². The number of amides is 2. The van der Waals surface area contributed by atoms with E-state index in [2.05, 4.69) is 0 Å². The first kappa shape index (κ1) is 14.2. The lowest BCUT2D eigenvalue weighted by atomic mass is 10.1. The van der Waals surface area contributed by atoms with Gasteiger partial charge in [0.25, 0.3) is 5.91 Å². The van der Waals surface area contributed by atoms with Crippen LogP contribution in [0.5, 0.6) is 0 Å². The molecular formula is C15H18N2O3. The Labute approximate surface area is 117 Å². The van der Waals surface area contributed by atoms with E-state index in [4.69, 9.17) is 5.73 Å². The number of likely N-dealkylation sites (tertiary alicyclic amines) is 1. The van der Waals surface area contributed by atoms with Crippen molar-refractivity contribution >= 4 is 17.6 Å². The average Bonchev–Trinajstić information content (AvgIpc) is 2.88. The summed E-state index contributed by atoms with van der Waals surface area (Å²) in [5, 5.41) is 0. The first-order chi connectivity index (χ1) is 9.47. The van der Waals surface area contributed by atoms with Crippen molar-refractivity contribution in [1.82, 2.24) is 4.90 Å². The third-order valence-electron chi connectivity index (χ3n) is 3.63. The van der Waals surface area contributed by atoms with Crippen LogP contribution >= 0.6 is 0 Å². The first-order valence-corrected chi connectivity index (χ1v) is 6.64. The molecule has 2 amide bonds. The summed E-state index contributed by atoms with van der Waals surface area (Å²) in [6, 6.07) is 6.86. The van der Waals surface area contributed by atoms with E-state index in [0.29, 0.717) is 18.7 Å². The second-order valence-electron chi connectivity index (χ2n) is 5.19. The smallest absolute Gasteiger partial charge is 0.253 e. The molecule has 1 fully saturated rings. The van der Waals surface area contributed by atoms with Gasteiger partial charge in [0, 0.05) is 24.6 Å². The lowest BCUT2D eigenvalue weighted by Gasteiger charge is -2.16. The van der Waals surface area contributed by atoms with Gasteiger partial charge in [-0.05, 0) is 31.0 Å². The number of nitrogens with two attached hydrogens (primary N) is 1. The number of hydrogen-bond acceptors (Lipinski definition) is 3. The fraction of sp³-hybridized carbons (Fsp3) is 0.400. The lowest BCUT2D eigenvalue weighted by molar-refractivity contribution is -0.120. The molecule has 0 saturated carbocycles. The summed E-state index contributed by atoms with van der Waals surface area (Å²) in [5.74, 6) is -0.363. The number of carbonyl (C=O) groups excluding carboxylic acids is 3. The second-order valence-corrected chi connectivity index (χ2v) is 5.19. The second kappa shape index (κ2) is 5.86. The molecule has 0 aliphatic carbocycles. The summed E-state index contributed by atoms with van der Waals surface area (Å²) in [4.78, 5) is 36.1. The number of nitrogens with zero attached hydrogens (tertiary/aromatic N) is 1. The van der Waals surface area contributed by atoms with Crippen molar-refractivity contribution in [3.8, 4) is 0 Å². The molecule has 1 aromatic rings. The van der Waals surface area contributed by atoms with E-state index < -0.39 is 5.91 Å². The van der Waals surface area contributed by atoms with Crippen LogP contribution < -0.4 is 5.73 Å². The Bertz CT molecular complexity index is 537. The fourth-order valence-electron chi connectivity index (χ4n) is 2.43. The molecule has 5 nitrogen and oxygen atoms in total. The van der Waals surface area contributed by atoms with Crippen LogP contribution in [0.15, 0.2) is 24.3 Å². The summed E-state index contributed by atoms with van der Waals surface area (Å²) in [6.07, 6.45) is 0.908. The molecule has 1 saturated heterocycles. The molecule has 106 valence electrons. The number of rotatable bonds is 4. The van der Waals surface area contributed by atoms with Crippen LogP contribution in [0.2, 0.25) is 0 Å². The van der Waals surface area contributed by atoms with Crippen LogP contribution in [0.4, 0.5) is 0 Å². The number of carbonyl (C=O) groups is 3. The molecule has 1 heterocycles. The van der Waals surface area contributed by atoms with Gasteiger partial charge in [-0.25, -0.2) is 0 Å². The van der Waals surface area contributed by atoms with E-state index >= 15 is 0 Å². The number of Topliss-reactive ketones (excluding diaryl/α,β-unsaturated/α-hetero) is 1. The molecule has 1 aliphatic rings.